The first kappa shape index (κ1) is 23.0. The Kier molecular flexibility index (Phi) is 7.05. The van der Waals surface area contributed by atoms with Crippen LogP contribution in [0.3, 0.4) is 0 Å². The molecule has 172 valence electrons. The van der Waals surface area contributed by atoms with Gasteiger partial charge in [0.05, 0.1) is 6.33 Å². The Bertz CT molecular complexity index is 1230. The van der Waals surface area contributed by atoms with E-state index in [-0.39, 0.29) is 11.2 Å². The number of aryl methyl sites for hydroxylation is 2. The molecule has 2 aromatic heterocycles. The van der Waals surface area contributed by atoms with E-state index in [0.717, 1.165) is 67.3 Å². The van der Waals surface area contributed by atoms with Crippen LogP contribution >= 0.6 is 23.2 Å². The van der Waals surface area contributed by atoms with Crippen LogP contribution in [0.4, 0.5) is 0 Å². The van der Waals surface area contributed by atoms with Gasteiger partial charge in [0.1, 0.15) is 0 Å². The summed E-state index contributed by atoms with van der Waals surface area (Å²) in [4.78, 5) is 33.9. The van der Waals surface area contributed by atoms with Gasteiger partial charge in [-0.2, -0.15) is 0 Å². The van der Waals surface area contributed by atoms with Crippen LogP contribution < -0.4 is 11.2 Å². The second kappa shape index (κ2) is 9.79. The molecule has 4 rings (SSSR count). The second-order valence-corrected chi connectivity index (χ2v) is 9.22. The summed E-state index contributed by atoms with van der Waals surface area (Å²) in [6.07, 6.45) is 3.66. The van der Waals surface area contributed by atoms with E-state index in [1.807, 2.05) is 16.7 Å². The van der Waals surface area contributed by atoms with Gasteiger partial charge in [0.15, 0.2) is 11.2 Å². The highest BCUT2D eigenvalue weighted by Crippen LogP contribution is 2.22. The van der Waals surface area contributed by atoms with Gasteiger partial charge >= 0.3 is 5.69 Å². The van der Waals surface area contributed by atoms with E-state index >= 15 is 0 Å². The van der Waals surface area contributed by atoms with Gasteiger partial charge < -0.3 is 9.47 Å². The quantitative estimate of drug-likeness (QED) is 0.543. The first-order valence-corrected chi connectivity index (χ1v) is 11.6. The van der Waals surface area contributed by atoms with Crippen molar-refractivity contribution in [1.29, 1.82) is 0 Å². The maximum atomic E-state index is 12.6. The number of hydrogen-bond donors (Lipinski definition) is 0. The van der Waals surface area contributed by atoms with Gasteiger partial charge in [-0.25, -0.2) is 9.78 Å². The van der Waals surface area contributed by atoms with Crippen molar-refractivity contribution in [2.24, 2.45) is 14.1 Å². The number of fused-ring (bicyclic) bond motifs is 1. The molecule has 0 bridgehead atoms. The van der Waals surface area contributed by atoms with Crippen molar-refractivity contribution in [3.05, 3.63) is 61.0 Å². The monoisotopic (exact) mass is 478 g/mol. The van der Waals surface area contributed by atoms with Crippen molar-refractivity contribution in [1.82, 2.24) is 28.5 Å². The van der Waals surface area contributed by atoms with Crippen molar-refractivity contribution in [3.8, 4) is 0 Å². The lowest BCUT2D eigenvalue weighted by atomic mass is 10.2. The first-order valence-electron chi connectivity index (χ1n) is 10.8. The Hall–Kier alpha value is -2.13. The molecule has 1 aromatic carbocycles. The summed E-state index contributed by atoms with van der Waals surface area (Å²) >= 11 is 12.4. The molecule has 0 unspecified atom stereocenters. The molecule has 0 saturated carbocycles. The Balaban J connectivity index is 1.34. The third-order valence-electron chi connectivity index (χ3n) is 6.18. The summed E-state index contributed by atoms with van der Waals surface area (Å²) < 4.78 is 4.42. The molecule has 10 heteroatoms. The molecule has 32 heavy (non-hydrogen) atoms. The van der Waals surface area contributed by atoms with E-state index in [1.165, 1.54) is 11.6 Å². The van der Waals surface area contributed by atoms with E-state index in [9.17, 15) is 9.59 Å². The largest absolute Gasteiger partial charge is 0.332 e. The average molecular weight is 479 g/mol. The normalized spacial score (nSPS) is 16.0. The molecule has 1 fully saturated rings. The fourth-order valence-electron chi connectivity index (χ4n) is 4.33. The average Bonchev–Trinajstić information content (AvgIpc) is 3.06. The Labute approximate surface area is 196 Å². The fraction of sp³-hybridized carbons (Fsp3) is 0.500. The summed E-state index contributed by atoms with van der Waals surface area (Å²) in [6.45, 7) is 6.51. The van der Waals surface area contributed by atoms with E-state index in [4.69, 9.17) is 23.2 Å². The van der Waals surface area contributed by atoms with Gasteiger partial charge in [-0.05, 0) is 50.2 Å². The van der Waals surface area contributed by atoms with E-state index in [2.05, 4.69) is 14.8 Å². The smallest absolute Gasteiger partial charge is 0.325 e. The van der Waals surface area contributed by atoms with Crippen molar-refractivity contribution >= 4 is 34.4 Å². The lowest BCUT2D eigenvalue weighted by Gasteiger charge is -2.22. The number of imidazole rings is 1. The van der Waals surface area contributed by atoms with Gasteiger partial charge in [0.25, 0.3) is 5.56 Å². The highest BCUT2D eigenvalue weighted by molar-refractivity contribution is 6.35. The first-order chi connectivity index (χ1) is 15.3. The Morgan fingerprint density at radius 2 is 1.72 bits per heavy atom. The minimum Gasteiger partial charge on any atom is -0.325 e. The van der Waals surface area contributed by atoms with Gasteiger partial charge in [-0.15, -0.1) is 0 Å². The van der Waals surface area contributed by atoms with Crippen LogP contribution in [0.2, 0.25) is 10.0 Å². The number of halogens is 2. The van der Waals surface area contributed by atoms with Crippen LogP contribution in [0.1, 0.15) is 18.4 Å². The zero-order chi connectivity index (χ0) is 22.8. The van der Waals surface area contributed by atoms with E-state index in [0.29, 0.717) is 22.7 Å². The molecule has 0 spiro atoms. The predicted molar refractivity (Wildman–Crippen MR) is 128 cm³/mol. The molecule has 0 radical (unpaired) electrons. The molecular formula is C22H28Cl2N6O2. The van der Waals surface area contributed by atoms with Crippen molar-refractivity contribution in [2.75, 3.05) is 32.7 Å². The molecule has 3 heterocycles. The van der Waals surface area contributed by atoms with Crippen molar-refractivity contribution in [2.45, 2.75) is 25.9 Å². The Morgan fingerprint density at radius 3 is 2.50 bits per heavy atom. The highest BCUT2D eigenvalue weighted by atomic mass is 35.5. The summed E-state index contributed by atoms with van der Waals surface area (Å²) in [6, 6.07) is 5.69. The summed E-state index contributed by atoms with van der Waals surface area (Å²) in [7, 11) is 3.14. The molecule has 0 atom stereocenters. The SMILES string of the molecule is Cn1c(=O)c2c(ncn2CCCN2CCCN(Cc3ccc(Cl)cc3Cl)CC2)n(C)c1=O. The van der Waals surface area contributed by atoms with Crippen molar-refractivity contribution in [3.63, 3.8) is 0 Å². The standard InChI is InChI=1S/C22H28Cl2N6O2/c1-26-20-19(21(31)27(2)22(26)32)30(15-25-20)10-4-8-28-7-3-9-29(12-11-28)14-16-5-6-17(23)13-18(16)24/h5-6,13,15H,3-4,7-12,14H2,1-2H3. The summed E-state index contributed by atoms with van der Waals surface area (Å²) in [5, 5.41) is 1.38. The van der Waals surface area contributed by atoms with Gasteiger partial charge in [0.2, 0.25) is 0 Å². The third-order valence-corrected chi connectivity index (χ3v) is 6.77. The molecular weight excluding hydrogens is 451 g/mol. The van der Waals surface area contributed by atoms with Gasteiger partial charge in [-0.1, -0.05) is 29.3 Å². The van der Waals surface area contributed by atoms with Gasteiger partial charge in [-0.3, -0.25) is 18.8 Å². The molecule has 3 aromatic rings. The molecule has 1 aliphatic heterocycles. The lowest BCUT2D eigenvalue weighted by molar-refractivity contribution is 0.248. The molecule has 1 saturated heterocycles. The lowest BCUT2D eigenvalue weighted by Crippen LogP contribution is -2.37. The maximum absolute atomic E-state index is 12.6. The Morgan fingerprint density at radius 1 is 0.969 bits per heavy atom. The van der Waals surface area contributed by atoms with Crippen LogP contribution in [0.25, 0.3) is 11.2 Å². The minimum atomic E-state index is -0.359. The van der Waals surface area contributed by atoms with Crippen LogP contribution in [0, 0.1) is 0 Å². The van der Waals surface area contributed by atoms with Crippen molar-refractivity contribution < 1.29 is 0 Å². The number of rotatable bonds is 6. The molecule has 0 amide bonds. The summed E-state index contributed by atoms with van der Waals surface area (Å²) in [5.41, 5.74) is 1.36. The fourth-order valence-corrected chi connectivity index (χ4v) is 4.80. The second-order valence-electron chi connectivity index (χ2n) is 8.38. The van der Waals surface area contributed by atoms with Crippen LogP contribution in [-0.4, -0.2) is 61.2 Å². The topological polar surface area (TPSA) is 68.3 Å². The molecule has 0 N–H and O–H groups in total. The number of nitrogens with zero attached hydrogens (tertiary/aromatic N) is 6. The predicted octanol–water partition coefficient (Wildman–Crippen LogP) is 2.34. The molecule has 0 aliphatic carbocycles. The van der Waals surface area contributed by atoms with Crippen LogP contribution in [0.15, 0.2) is 34.1 Å². The zero-order valence-corrected chi connectivity index (χ0v) is 19.9. The number of hydrogen-bond acceptors (Lipinski definition) is 5. The maximum Gasteiger partial charge on any atom is 0.332 e. The molecule has 8 nitrogen and oxygen atoms in total. The highest BCUT2D eigenvalue weighted by Gasteiger charge is 2.17. The minimum absolute atomic E-state index is 0.299. The van der Waals surface area contributed by atoms with E-state index < -0.39 is 0 Å². The van der Waals surface area contributed by atoms with Crippen LogP contribution in [-0.2, 0) is 27.2 Å². The third kappa shape index (κ3) is 4.78. The zero-order valence-electron chi connectivity index (χ0n) is 18.4. The van der Waals surface area contributed by atoms with Gasteiger partial charge in [0, 0.05) is 50.3 Å². The summed E-state index contributed by atoms with van der Waals surface area (Å²) in [5.74, 6) is 0. The molecule has 1 aliphatic rings. The number of benzene rings is 1. The van der Waals surface area contributed by atoms with E-state index in [1.54, 1.807) is 19.4 Å². The number of aromatic nitrogens is 4. The van der Waals surface area contributed by atoms with Crippen LogP contribution in [0.5, 0.6) is 0 Å².